The molecule has 0 amide bonds. The molecular formula is C13H19NO5S2. The number of carbonyl (C=O) groups is 1. The van der Waals surface area contributed by atoms with Gasteiger partial charge in [0.15, 0.2) is 0 Å². The number of hydrogen-bond donors (Lipinski definition) is 2. The number of carboxylic acids is 1. The molecule has 21 heavy (non-hydrogen) atoms. The fourth-order valence-electron chi connectivity index (χ4n) is 2.18. The molecule has 0 unspecified atom stereocenters. The third-order valence-electron chi connectivity index (χ3n) is 3.74. The number of rotatable bonds is 5. The minimum absolute atomic E-state index is 0.0491. The number of sulfonamides is 1. The van der Waals surface area contributed by atoms with Crippen LogP contribution in [0.1, 0.15) is 35.0 Å². The van der Waals surface area contributed by atoms with E-state index in [2.05, 4.69) is 4.72 Å². The van der Waals surface area contributed by atoms with Crippen molar-refractivity contribution in [3.63, 3.8) is 0 Å². The molecule has 1 aromatic heterocycles. The molecule has 1 fully saturated rings. The first-order valence-corrected chi connectivity index (χ1v) is 8.95. The lowest BCUT2D eigenvalue weighted by Crippen LogP contribution is -2.39. The highest BCUT2D eigenvalue weighted by molar-refractivity contribution is 7.91. The maximum absolute atomic E-state index is 12.3. The normalized spacial score (nSPS) is 18.6. The molecule has 2 N–H and O–H groups in total. The molecule has 0 radical (unpaired) electrons. The van der Waals surface area contributed by atoms with E-state index >= 15 is 0 Å². The van der Waals surface area contributed by atoms with E-state index in [1.807, 2.05) is 6.92 Å². The predicted molar refractivity (Wildman–Crippen MR) is 79.4 cm³/mol. The molecule has 118 valence electrons. The van der Waals surface area contributed by atoms with Crippen LogP contribution >= 0.6 is 11.3 Å². The summed E-state index contributed by atoms with van der Waals surface area (Å²) in [4.78, 5) is 11.1. The fraction of sp³-hybridized carbons (Fsp3) is 0.615. The van der Waals surface area contributed by atoms with Gasteiger partial charge in [0.05, 0.1) is 0 Å². The molecule has 0 bridgehead atoms. The molecule has 1 saturated heterocycles. The van der Waals surface area contributed by atoms with Gasteiger partial charge in [-0.3, -0.25) is 0 Å². The summed E-state index contributed by atoms with van der Waals surface area (Å²) in [5, 5.41) is 9.00. The highest BCUT2D eigenvalue weighted by Gasteiger charge is 2.30. The number of carboxylic acid groups (broad SMARTS) is 1. The molecule has 0 aromatic carbocycles. The summed E-state index contributed by atoms with van der Waals surface area (Å²) in [5.74, 6) is -1.10. The van der Waals surface area contributed by atoms with E-state index in [1.54, 1.807) is 6.92 Å². The summed E-state index contributed by atoms with van der Waals surface area (Å²) in [5.41, 5.74) is 0.345. The molecule has 1 aliphatic heterocycles. The van der Waals surface area contributed by atoms with Crippen molar-refractivity contribution in [3.8, 4) is 0 Å². The average molecular weight is 333 g/mol. The molecule has 8 heteroatoms. The van der Waals surface area contributed by atoms with Gasteiger partial charge in [-0.25, -0.2) is 17.9 Å². The van der Waals surface area contributed by atoms with Crippen LogP contribution in [0.3, 0.4) is 0 Å². The zero-order chi connectivity index (χ0) is 15.7. The molecule has 2 heterocycles. The van der Waals surface area contributed by atoms with Crippen molar-refractivity contribution >= 4 is 27.3 Å². The Labute approximate surface area is 128 Å². The second kappa shape index (κ2) is 6.04. The SMILES string of the molecule is Cc1cc(S(=O)(=O)NCC2(C)CCOCC2)sc1C(=O)O. The minimum atomic E-state index is -3.67. The predicted octanol–water partition coefficient (Wildman–Crippen LogP) is 1.85. The molecular weight excluding hydrogens is 314 g/mol. The van der Waals surface area contributed by atoms with Crippen molar-refractivity contribution < 1.29 is 23.1 Å². The lowest BCUT2D eigenvalue weighted by Gasteiger charge is -2.33. The zero-order valence-electron chi connectivity index (χ0n) is 12.0. The van der Waals surface area contributed by atoms with Crippen molar-refractivity contribution in [1.82, 2.24) is 4.72 Å². The lowest BCUT2D eigenvalue weighted by molar-refractivity contribution is 0.0265. The first-order valence-electron chi connectivity index (χ1n) is 6.65. The van der Waals surface area contributed by atoms with Gasteiger partial charge >= 0.3 is 5.97 Å². The number of nitrogens with one attached hydrogen (secondary N) is 1. The van der Waals surface area contributed by atoms with E-state index < -0.39 is 16.0 Å². The van der Waals surface area contributed by atoms with Crippen molar-refractivity contribution in [3.05, 3.63) is 16.5 Å². The van der Waals surface area contributed by atoms with Crippen LogP contribution in [0.25, 0.3) is 0 Å². The first kappa shape index (κ1) is 16.4. The van der Waals surface area contributed by atoms with Crippen molar-refractivity contribution in [1.29, 1.82) is 0 Å². The topological polar surface area (TPSA) is 92.7 Å². The highest BCUT2D eigenvalue weighted by Crippen LogP contribution is 2.30. The number of hydrogen-bond acceptors (Lipinski definition) is 5. The standard InChI is InChI=1S/C13H19NO5S2/c1-9-7-10(20-11(9)12(15)16)21(17,18)14-8-13(2)3-5-19-6-4-13/h7,14H,3-6,8H2,1-2H3,(H,15,16). The Morgan fingerprint density at radius 2 is 2.10 bits per heavy atom. The quantitative estimate of drug-likeness (QED) is 0.858. The monoisotopic (exact) mass is 333 g/mol. The van der Waals surface area contributed by atoms with Gasteiger partial charge < -0.3 is 9.84 Å². The van der Waals surface area contributed by atoms with E-state index in [0.29, 0.717) is 25.3 Å². The van der Waals surface area contributed by atoms with Gasteiger partial charge in [0.25, 0.3) is 0 Å². The molecule has 0 saturated carbocycles. The van der Waals surface area contributed by atoms with Crippen molar-refractivity contribution in [2.45, 2.75) is 30.9 Å². The van der Waals surface area contributed by atoms with Crippen LogP contribution in [0.2, 0.25) is 0 Å². The summed E-state index contributed by atoms with van der Waals surface area (Å²) in [6, 6.07) is 1.41. The number of aryl methyl sites for hydroxylation is 1. The van der Waals surface area contributed by atoms with Gasteiger partial charge in [-0.05, 0) is 36.8 Å². The fourth-order valence-corrected chi connectivity index (χ4v) is 4.80. The van der Waals surface area contributed by atoms with Crippen LogP contribution in [0.4, 0.5) is 0 Å². The summed E-state index contributed by atoms with van der Waals surface area (Å²) < 4.78 is 32.5. The largest absolute Gasteiger partial charge is 0.477 e. The van der Waals surface area contributed by atoms with Crippen molar-refractivity contribution in [2.75, 3.05) is 19.8 Å². The van der Waals surface area contributed by atoms with Crippen LogP contribution in [0.15, 0.2) is 10.3 Å². The highest BCUT2D eigenvalue weighted by atomic mass is 32.2. The summed E-state index contributed by atoms with van der Waals surface area (Å²) in [6.45, 7) is 5.23. The first-order chi connectivity index (χ1) is 9.73. The van der Waals surface area contributed by atoms with E-state index in [4.69, 9.17) is 9.84 Å². The van der Waals surface area contributed by atoms with Gasteiger partial charge in [0, 0.05) is 19.8 Å². The summed E-state index contributed by atoms with van der Waals surface area (Å²) in [6.07, 6.45) is 1.61. The molecule has 6 nitrogen and oxygen atoms in total. The Morgan fingerprint density at radius 3 is 2.62 bits per heavy atom. The van der Waals surface area contributed by atoms with Crippen LogP contribution in [-0.4, -0.2) is 39.3 Å². The van der Waals surface area contributed by atoms with Crippen LogP contribution < -0.4 is 4.72 Å². The molecule has 1 aromatic rings. The second-order valence-corrected chi connectivity index (χ2v) is 8.68. The summed E-state index contributed by atoms with van der Waals surface area (Å²) in [7, 11) is -3.67. The molecule has 2 rings (SSSR count). The maximum atomic E-state index is 12.3. The lowest BCUT2D eigenvalue weighted by atomic mass is 9.83. The van der Waals surface area contributed by atoms with Gasteiger partial charge in [0.2, 0.25) is 10.0 Å². The van der Waals surface area contributed by atoms with Gasteiger partial charge in [-0.1, -0.05) is 6.92 Å². The molecule has 1 aliphatic rings. The average Bonchev–Trinajstić information content (AvgIpc) is 2.81. The summed E-state index contributed by atoms with van der Waals surface area (Å²) >= 11 is 0.785. The van der Waals surface area contributed by atoms with Gasteiger partial charge in [-0.2, -0.15) is 0 Å². The van der Waals surface area contributed by atoms with Crippen LogP contribution in [0.5, 0.6) is 0 Å². The smallest absolute Gasteiger partial charge is 0.346 e. The van der Waals surface area contributed by atoms with Crippen LogP contribution in [-0.2, 0) is 14.8 Å². The third kappa shape index (κ3) is 3.82. The second-order valence-electron chi connectivity index (χ2n) is 5.63. The molecule has 0 aliphatic carbocycles. The maximum Gasteiger partial charge on any atom is 0.346 e. The number of ether oxygens (including phenoxy) is 1. The van der Waals surface area contributed by atoms with Gasteiger partial charge in [0.1, 0.15) is 9.09 Å². The van der Waals surface area contributed by atoms with E-state index in [0.717, 1.165) is 24.2 Å². The number of thiophene rings is 1. The Hall–Kier alpha value is -0.960. The Morgan fingerprint density at radius 1 is 1.48 bits per heavy atom. The van der Waals surface area contributed by atoms with E-state index in [1.165, 1.54) is 6.07 Å². The van der Waals surface area contributed by atoms with Gasteiger partial charge in [-0.15, -0.1) is 11.3 Å². The third-order valence-corrected chi connectivity index (χ3v) is 6.84. The zero-order valence-corrected chi connectivity index (χ0v) is 13.6. The van der Waals surface area contributed by atoms with E-state index in [-0.39, 0.29) is 14.5 Å². The molecule has 0 spiro atoms. The Balaban J connectivity index is 2.11. The van der Waals surface area contributed by atoms with E-state index in [9.17, 15) is 13.2 Å². The molecule has 0 atom stereocenters. The minimum Gasteiger partial charge on any atom is -0.477 e. The van der Waals surface area contributed by atoms with Crippen molar-refractivity contribution in [2.24, 2.45) is 5.41 Å². The number of aromatic carboxylic acids is 1. The Kier molecular flexibility index (Phi) is 4.72. The Bertz CT molecular complexity index is 629. The van der Waals surface area contributed by atoms with Crippen LogP contribution in [0, 0.1) is 12.3 Å².